The molecule has 148 valence electrons. The predicted octanol–water partition coefficient (Wildman–Crippen LogP) is 3.53. The molecule has 7 heteroatoms. The fourth-order valence-corrected chi connectivity index (χ4v) is 3.41. The maximum Gasteiger partial charge on any atom is 0.232 e. The molecule has 2 aromatic rings. The molecule has 0 spiro atoms. The second-order valence-corrected chi connectivity index (χ2v) is 7.21. The van der Waals surface area contributed by atoms with Gasteiger partial charge in [-0.25, -0.2) is 8.78 Å². The van der Waals surface area contributed by atoms with Crippen LogP contribution in [-0.4, -0.2) is 24.9 Å². The Morgan fingerprint density at radius 2 is 1.57 bits per heavy atom. The van der Waals surface area contributed by atoms with E-state index in [1.165, 1.54) is 24.3 Å². The number of halogens is 2. The Labute approximate surface area is 162 Å². The third-order valence-corrected chi connectivity index (χ3v) is 5.28. The first-order valence-corrected chi connectivity index (χ1v) is 9.15. The molecule has 5 nitrogen and oxygen atoms in total. The van der Waals surface area contributed by atoms with Gasteiger partial charge in [0.25, 0.3) is 0 Å². The lowest BCUT2D eigenvalue weighted by Gasteiger charge is -2.27. The molecule has 0 saturated carbocycles. The Bertz CT molecular complexity index is 909. The van der Waals surface area contributed by atoms with Crippen molar-refractivity contribution in [1.29, 1.82) is 0 Å². The minimum atomic E-state index is -0.954. The summed E-state index contributed by atoms with van der Waals surface area (Å²) >= 11 is 0. The van der Waals surface area contributed by atoms with Crippen molar-refractivity contribution in [2.24, 2.45) is 5.41 Å². The van der Waals surface area contributed by atoms with Crippen molar-refractivity contribution in [3.63, 3.8) is 0 Å². The van der Waals surface area contributed by atoms with Gasteiger partial charge in [0.15, 0.2) is 0 Å². The molecule has 1 fully saturated rings. The number of carbonyl (C=O) groups is 2. The molecule has 28 heavy (non-hydrogen) atoms. The van der Waals surface area contributed by atoms with Crippen LogP contribution < -0.4 is 16.0 Å². The lowest BCUT2D eigenvalue weighted by Crippen LogP contribution is -2.41. The molecule has 1 atom stereocenters. The van der Waals surface area contributed by atoms with Crippen molar-refractivity contribution in [2.45, 2.75) is 26.7 Å². The summed E-state index contributed by atoms with van der Waals surface area (Å²) in [6.45, 7) is 4.10. The van der Waals surface area contributed by atoms with Crippen molar-refractivity contribution in [2.75, 3.05) is 23.7 Å². The largest absolute Gasteiger partial charge is 0.326 e. The molecule has 1 unspecified atom stereocenters. The van der Waals surface area contributed by atoms with Gasteiger partial charge in [0.2, 0.25) is 11.8 Å². The van der Waals surface area contributed by atoms with Gasteiger partial charge in [0.05, 0.1) is 5.41 Å². The zero-order chi connectivity index (χ0) is 20.3. The highest BCUT2D eigenvalue weighted by atomic mass is 19.1. The smallest absolute Gasteiger partial charge is 0.232 e. The molecular formula is C21H23F2N3O2. The minimum absolute atomic E-state index is 0.0594. The molecule has 2 aromatic carbocycles. The van der Waals surface area contributed by atoms with Gasteiger partial charge in [-0.2, -0.15) is 0 Å². The van der Waals surface area contributed by atoms with Crippen molar-refractivity contribution < 1.29 is 18.4 Å². The Kier molecular flexibility index (Phi) is 5.74. The second kappa shape index (κ2) is 8.06. The number of anilines is 2. The Morgan fingerprint density at radius 3 is 2.11 bits per heavy atom. The highest BCUT2D eigenvalue weighted by Gasteiger charge is 2.43. The van der Waals surface area contributed by atoms with Crippen LogP contribution in [0.1, 0.15) is 24.0 Å². The van der Waals surface area contributed by atoms with E-state index < -0.39 is 17.0 Å². The average Bonchev–Trinajstić information content (AvgIpc) is 3.12. The van der Waals surface area contributed by atoms with Crippen LogP contribution in [0.5, 0.6) is 0 Å². The van der Waals surface area contributed by atoms with E-state index >= 15 is 0 Å². The van der Waals surface area contributed by atoms with Gasteiger partial charge in [-0.15, -0.1) is 0 Å². The Balaban J connectivity index is 1.76. The molecule has 1 aliphatic rings. The van der Waals surface area contributed by atoms with Crippen LogP contribution in [0.25, 0.3) is 0 Å². The normalized spacial score (nSPS) is 18.7. The second-order valence-electron chi connectivity index (χ2n) is 7.21. The highest BCUT2D eigenvalue weighted by Crippen LogP contribution is 2.33. The van der Waals surface area contributed by atoms with Gasteiger partial charge in [0, 0.05) is 35.5 Å². The maximum absolute atomic E-state index is 13.8. The van der Waals surface area contributed by atoms with E-state index in [0.717, 1.165) is 0 Å². The summed E-state index contributed by atoms with van der Waals surface area (Å²) in [6.07, 6.45) is 0.416. The average molecular weight is 387 g/mol. The van der Waals surface area contributed by atoms with Crippen LogP contribution >= 0.6 is 0 Å². The summed E-state index contributed by atoms with van der Waals surface area (Å²) < 4.78 is 27.5. The fraction of sp³-hybridized carbons (Fsp3) is 0.333. The van der Waals surface area contributed by atoms with Crippen molar-refractivity contribution in [1.82, 2.24) is 5.32 Å². The van der Waals surface area contributed by atoms with Crippen LogP contribution in [0.3, 0.4) is 0 Å². The number of rotatable bonds is 5. The van der Waals surface area contributed by atoms with Gasteiger partial charge >= 0.3 is 0 Å². The first kappa shape index (κ1) is 19.9. The van der Waals surface area contributed by atoms with E-state index in [9.17, 15) is 18.4 Å². The number of hydrogen-bond acceptors (Lipinski definition) is 3. The Morgan fingerprint density at radius 1 is 1.00 bits per heavy atom. The molecule has 0 bridgehead atoms. The van der Waals surface area contributed by atoms with Crippen molar-refractivity contribution in [3.8, 4) is 0 Å². The number of hydrogen-bond donors (Lipinski definition) is 3. The van der Waals surface area contributed by atoms with Gasteiger partial charge in [-0.05, 0) is 51.1 Å². The molecular weight excluding hydrogens is 364 g/mol. The first-order valence-electron chi connectivity index (χ1n) is 9.15. The molecule has 2 amide bonds. The van der Waals surface area contributed by atoms with Gasteiger partial charge in [-0.1, -0.05) is 12.1 Å². The summed E-state index contributed by atoms with van der Waals surface area (Å²) in [5.74, 6) is -1.52. The standard InChI is InChI=1S/C21H23F2N3O2/c1-13-15(22)5-3-7-17(13)25-19(27)11-21(9-10-24-12-21)20(28)26-18-8-4-6-16(23)14(18)2/h3-8,24H,9-12H2,1-2H3,(H,25,27)(H,26,28). The molecule has 3 rings (SSSR count). The molecule has 3 N–H and O–H groups in total. The summed E-state index contributed by atoms with van der Waals surface area (Å²) in [7, 11) is 0. The monoisotopic (exact) mass is 387 g/mol. The summed E-state index contributed by atoms with van der Waals surface area (Å²) in [5.41, 5.74) is 0.501. The fourth-order valence-electron chi connectivity index (χ4n) is 3.41. The summed E-state index contributed by atoms with van der Waals surface area (Å²) in [4.78, 5) is 25.6. The predicted molar refractivity (Wildman–Crippen MR) is 104 cm³/mol. The third kappa shape index (κ3) is 4.04. The third-order valence-electron chi connectivity index (χ3n) is 5.28. The number of amides is 2. The number of nitrogens with one attached hydrogen (secondary N) is 3. The SMILES string of the molecule is Cc1c(F)cccc1NC(=O)CC1(C(=O)Nc2cccc(F)c2C)CCNC1. The number of carbonyl (C=O) groups excluding carboxylic acids is 2. The van der Waals surface area contributed by atoms with E-state index in [0.29, 0.717) is 42.0 Å². The van der Waals surface area contributed by atoms with Gasteiger partial charge in [0.1, 0.15) is 11.6 Å². The van der Waals surface area contributed by atoms with E-state index in [1.54, 1.807) is 26.0 Å². The molecule has 1 saturated heterocycles. The van der Waals surface area contributed by atoms with Crippen LogP contribution in [0, 0.1) is 30.9 Å². The molecule has 0 aliphatic carbocycles. The van der Waals surface area contributed by atoms with Crippen LogP contribution in [-0.2, 0) is 9.59 Å². The van der Waals surface area contributed by atoms with Crippen LogP contribution in [0.4, 0.5) is 20.2 Å². The lowest BCUT2D eigenvalue weighted by atomic mass is 9.82. The molecule has 1 heterocycles. The lowest BCUT2D eigenvalue weighted by molar-refractivity contribution is -0.129. The van der Waals surface area contributed by atoms with E-state index in [4.69, 9.17) is 0 Å². The molecule has 1 aliphatic heterocycles. The van der Waals surface area contributed by atoms with Crippen molar-refractivity contribution >= 4 is 23.2 Å². The zero-order valence-electron chi connectivity index (χ0n) is 15.9. The van der Waals surface area contributed by atoms with Gasteiger partial charge < -0.3 is 16.0 Å². The summed E-state index contributed by atoms with van der Waals surface area (Å²) in [5, 5.41) is 8.58. The molecule has 0 radical (unpaired) electrons. The van der Waals surface area contributed by atoms with Gasteiger partial charge in [-0.3, -0.25) is 9.59 Å². The Hall–Kier alpha value is -2.80. The quantitative estimate of drug-likeness (QED) is 0.735. The minimum Gasteiger partial charge on any atom is -0.326 e. The topological polar surface area (TPSA) is 70.2 Å². The zero-order valence-corrected chi connectivity index (χ0v) is 15.9. The highest BCUT2D eigenvalue weighted by molar-refractivity contribution is 6.01. The number of benzene rings is 2. The summed E-state index contributed by atoms with van der Waals surface area (Å²) in [6, 6.07) is 8.94. The van der Waals surface area contributed by atoms with Crippen LogP contribution in [0.15, 0.2) is 36.4 Å². The molecule has 0 aromatic heterocycles. The van der Waals surface area contributed by atoms with E-state index in [-0.39, 0.29) is 18.2 Å². The van der Waals surface area contributed by atoms with Crippen molar-refractivity contribution in [3.05, 3.63) is 59.2 Å². The first-order chi connectivity index (χ1) is 13.3. The van der Waals surface area contributed by atoms with Crippen LogP contribution in [0.2, 0.25) is 0 Å². The van der Waals surface area contributed by atoms with E-state index in [2.05, 4.69) is 16.0 Å². The maximum atomic E-state index is 13.8. The van der Waals surface area contributed by atoms with E-state index in [1.807, 2.05) is 0 Å².